The molecule has 1 heterocycles. The van der Waals surface area contributed by atoms with E-state index in [2.05, 4.69) is 22.0 Å². The van der Waals surface area contributed by atoms with Crippen molar-refractivity contribution in [1.82, 2.24) is 0 Å². The van der Waals surface area contributed by atoms with Gasteiger partial charge in [0.1, 0.15) is 0 Å². The highest BCUT2D eigenvalue weighted by molar-refractivity contribution is 6.30. The van der Waals surface area contributed by atoms with Gasteiger partial charge in [0.05, 0.1) is 5.57 Å². The van der Waals surface area contributed by atoms with Crippen LogP contribution in [0.25, 0.3) is 0 Å². The van der Waals surface area contributed by atoms with Gasteiger partial charge < -0.3 is 8.85 Å². The molecule has 0 N–H and O–H groups in total. The summed E-state index contributed by atoms with van der Waals surface area (Å²) in [6.45, 7) is 6.96. The molecular formula is C6H6O3Si. The Hall–Kier alpha value is -1.16. The van der Waals surface area contributed by atoms with Crippen molar-refractivity contribution < 1.29 is 13.3 Å². The molecule has 0 radical (unpaired) electrons. The molecule has 0 bridgehead atoms. The molecule has 0 unspecified atom stereocenters. The van der Waals surface area contributed by atoms with Crippen LogP contribution in [0.2, 0.25) is 0 Å². The van der Waals surface area contributed by atoms with Gasteiger partial charge in [-0.25, -0.2) is 0 Å². The minimum atomic E-state index is -2.21. The van der Waals surface area contributed by atoms with Gasteiger partial charge in [0, 0.05) is 0 Å². The van der Waals surface area contributed by atoms with Crippen LogP contribution in [0.5, 0.6) is 0 Å². The Bertz CT molecular complexity index is 209. The summed E-state index contributed by atoms with van der Waals surface area (Å²) in [5.74, 6) is 0.258. The molecule has 52 valence electrons. The van der Waals surface area contributed by atoms with Crippen molar-refractivity contribution in [1.29, 1.82) is 0 Å². The van der Waals surface area contributed by atoms with Crippen LogP contribution in [-0.2, 0) is 13.3 Å². The van der Waals surface area contributed by atoms with Crippen molar-refractivity contribution in [2.24, 2.45) is 0 Å². The standard InChI is InChI=1S/C6H6O3Si/c1-3-5(4-2)6-8-10(7)9-6/h3-4H,1-2H2. The molecule has 3 nitrogen and oxygen atoms in total. The fourth-order valence-corrected chi connectivity index (χ4v) is 1.08. The maximum atomic E-state index is 10.3. The zero-order valence-electron chi connectivity index (χ0n) is 5.29. The number of allylic oxidation sites excluding steroid dienone is 3. The summed E-state index contributed by atoms with van der Waals surface area (Å²) in [4.78, 5) is 0. The van der Waals surface area contributed by atoms with Crippen molar-refractivity contribution >= 4 is 9.17 Å². The molecule has 1 fully saturated rings. The van der Waals surface area contributed by atoms with E-state index in [-0.39, 0.29) is 5.95 Å². The highest BCUT2D eigenvalue weighted by atomic mass is 28.3. The highest BCUT2D eigenvalue weighted by Gasteiger charge is 2.30. The summed E-state index contributed by atoms with van der Waals surface area (Å²) in [7, 11) is -2.21. The minimum Gasteiger partial charge on any atom is -0.429 e. The van der Waals surface area contributed by atoms with Crippen LogP contribution in [0, 0.1) is 0 Å². The van der Waals surface area contributed by atoms with Crippen LogP contribution in [0.3, 0.4) is 0 Å². The SMILES string of the molecule is C=CC(C=C)=C1O[Si](=O)O1. The molecule has 0 spiro atoms. The fourth-order valence-electron chi connectivity index (χ4n) is 0.527. The Labute approximate surface area is 60.2 Å². The smallest absolute Gasteiger partial charge is 0.429 e. The first-order valence-electron chi connectivity index (χ1n) is 2.66. The van der Waals surface area contributed by atoms with Crippen molar-refractivity contribution in [2.75, 3.05) is 0 Å². The van der Waals surface area contributed by atoms with E-state index < -0.39 is 9.17 Å². The molecule has 0 atom stereocenters. The van der Waals surface area contributed by atoms with E-state index in [0.717, 1.165) is 0 Å². The molecule has 1 rings (SSSR count). The average Bonchev–Trinajstić information content (AvgIpc) is 1.87. The first-order valence-corrected chi connectivity index (χ1v) is 3.89. The van der Waals surface area contributed by atoms with Gasteiger partial charge in [0.15, 0.2) is 0 Å². The largest absolute Gasteiger partial charge is 0.782 e. The molecule has 1 saturated heterocycles. The number of rotatable bonds is 2. The molecule has 0 saturated carbocycles. The quantitative estimate of drug-likeness (QED) is 0.557. The van der Waals surface area contributed by atoms with E-state index in [4.69, 9.17) is 0 Å². The summed E-state index contributed by atoms with van der Waals surface area (Å²) >= 11 is 0. The molecule has 0 aromatic carbocycles. The molecule has 0 aliphatic carbocycles. The van der Waals surface area contributed by atoms with E-state index in [1.54, 1.807) is 0 Å². The van der Waals surface area contributed by atoms with Crippen LogP contribution >= 0.6 is 0 Å². The zero-order valence-corrected chi connectivity index (χ0v) is 6.29. The van der Waals surface area contributed by atoms with Crippen molar-refractivity contribution in [2.45, 2.75) is 0 Å². The Kier molecular flexibility index (Phi) is 1.82. The van der Waals surface area contributed by atoms with Gasteiger partial charge in [0.2, 0.25) is 0 Å². The summed E-state index contributed by atoms with van der Waals surface area (Å²) in [5.41, 5.74) is 0.629. The second-order valence-electron chi connectivity index (χ2n) is 1.61. The molecule has 4 heteroatoms. The van der Waals surface area contributed by atoms with Crippen LogP contribution < -0.4 is 0 Å². The van der Waals surface area contributed by atoms with Gasteiger partial charge in [-0.15, -0.1) is 0 Å². The lowest BCUT2D eigenvalue weighted by Gasteiger charge is -2.17. The van der Waals surface area contributed by atoms with E-state index in [9.17, 15) is 4.46 Å². The lowest BCUT2D eigenvalue weighted by atomic mass is 10.3. The van der Waals surface area contributed by atoms with Crippen molar-refractivity contribution in [3.05, 3.63) is 36.8 Å². The minimum absolute atomic E-state index is 0.258. The molecule has 1 aliphatic rings. The Morgan fingerprint density at radius 2 is 1.90 bits per heavy atom. The van der Waals surface area contributed by atoms with Crippen molar-refractivity contribution in [3.8, 4) is 0 Å². The van der Waals surface area contributed by atoms with E-state index in [0.29, 0.717) is 5.57 Å². The van der Waals surface area contributed by atoms with Crippen LogP contribution in [-0.4, -0.2) is 9.17 Å². The molecule has 1 aliphatic heterocycles. The topological polar surface area (TPSA) is 35.5 Å². The van der Waals surface area contributed by atoms with Gasteiger partial charge in [-0.1, -0.05) is 25.3 Å². The van der Waals surface area contributed by atoms with Gasteiger partial charge in [-0.3, -0.25) is 4.46 Å². The van der Waals surface area contributed by atoms with Crippen LogP contribution in [0.15, 0.2) is 36.8 Å². The van der Waals surface area contributed by atoms with Gasteiger partial charge in [-0.2, -0.15) is 0 Å². The molecule has 10 heavy (non-hydrogen) atoms. The van der Waals surface area contributed by atoms with Gasteiger partial charge in [-0.05, 0) is 0 Å². The first-order chi connectivity index (χ1) is 4.77. The van der Waals surface area contributed by atoms with E-state index in [1.165, 1.54) is 12.2 Å². The summed E-state index contributed by atoms with van der Waals surface area (Å²) in [6.07, 6.45) is 3.05. The van der Waals surface area contributed by atoms with Gasteiger partial charge in [0.25, 0.3) is 5.95 Å². The lowest BCUT2D eigenvalue weighted by molar-refractivity contribution is 0.0660. The predicted octanol–water partition coefficient (Wildman–Crippen LogP) is 1.03. The van der Waals surface area contributed by atoms with E-state index >= 15 is 0 Å². The average molecular weight is 154 g/mol. The van der Waals surface area contributed by atoms with E-state index in [1.807, 2.05) is 0 Å². The number of hydrogen-bond acceptors (Lipinski definition) is 3. The first kappa shape index (κ1) is 6.95. The summed E-state index contributed by atoms with van der Waals surface area (Å²) < 4.78 is 19.6. The molecule has 0 aromatic heterocycles. The molecular weight excluding hydrogens is 148 g/mol. The van der Waals surface area contributed by atoms with Crippen LogP contribution in [0.1, 0.15) is 0 Å². The lowest BCUT2D eigenvalue weighted by Crippen LogP contribution is -2.25. The predicted molar refractivity (Wildman–Crippen MR) is 36.0 cm³/mol. The maximum Gasteiger partial charge on any atom is 0.782 e. The zero-order chi connectivity index (χ0) is 7.56. The third-order valence-corrected chi connectivity index (χ3v) is 1.73. The van der Waals surface area contributed by atoms with Crippen molar-refractivity contribution in [3.63, 3.8) is 0 Å². The van der Waals surface area contributed by atoms with Crippen LogP contribution in [0.4, 0.5) is 0 Å². The highest BCUT2D eigenvalue weighted by Crippen LogP contribution is 2.17. The molecule has 0 amide bonds. The monoisotopic (exact) mass is 154 g/mol. The third-order valence-electron chi connectivity index (χ3n) is 1.03. The Morgan fingerprint density at radius 1 is 1.40 bits per heavy atom. The summed E-state index contributed by atoms with van der Waals surface area (Å²) in [5, 5.41) is 0. The number of hydrogen-bond donors (Lipinski definition) is 0. The van der Waals surface area contributed by atoms with Gasteiger partial charge >= 0.3 is 9.17 Å². The summed E-state index contributed by atoms with van der Waals surface area (Å²) in [6, 6.07) is 0. The Morgan fingerprint density at radius 3 is 2.20 bits per heavy atom. The second kappa shape index (κ2) is 2.61. The maximum absolute atomic E-state index is 10.3. The third kappa shape index (κ3) is 1.06. The fraction of sp³-hybridized carbons (Fsp3) is 0. The Balaban J connectivity index is 2.75. The second-order valence-corrected chi connectivity index (χ2v) is 2.51. The molecule has 0 aromatic rings. The normalized spacial score (nSPS) is 14.4.